The Hall–Kier alpha value is -1.56. The summed E-state index contributed by atoms with van der Waals surface area (Å²) in [6, 6.07) is 4.37. The molecule has 22 heavy (non-hydrogen) atoms. The summed E-state index contributed by atoms with van der Waals surface area (Å²) in [6.45, 7) is 5.08. The van der Waals surface area contributed by atoms with Crippen LogP contribution in [0.2, 0.25) is 0 Å². The highest BCUT2D eigenvalue weighted by atomic mass is 19.4. The van der Waals surface area contributed by atoms with Crippen LogP contribution in [0.4, 0.5) is 13.2 Å². The van der Waals surface area contributed by atoms with Crippen molar-refractivity contribution in [2.75, 3.05) is 13.1 Å². The molecule has 0 unspecified atom stereocenters. The second kappa shape index (κ2) is 6.69. The number of carbonyl (C=O) groups excluding carboxylic acids is 1. The molecule has 0 saturated carbocycles. The molecule has 0 spiro atoms. The van der Waals surface area contributed by atoms with Crippen LogP contribution in [0.25, 0.3) is 0 Å². The monoisotopic (exact) mass is 315 g/mol. The maximum absolute atomic E-state index is 12.5. The molecule has 1 fully saturated rings. The average Bonchev–Trinajstić information content (AvgIpc) is 2.46. The number of benzene rings is 1. The van der Waals surface area contributed by atoms with Crippen LogP contribution in [-0.2, 0) is 10.9 Å². The first-order valence-corrected chi connectivity index (χ1v) is 7.39. The summed E-state index contributed by atoms with van der Waals surface area (Å²) < 4.78 is 43.3. The van der Waals surface area contributed by atoms with E-state index in [9.17, 15) is 18.0 Å². The van der Waals surface area contributed by atoms with Gasteiger partial charge in [0.25, 0.3) is 5.91 Å². The predicted octanol–water partition coefficient (Wildman–Crippen LogP) is 3.74. The van der Waals surface area contributed by atoms with Gasteiger partial charge >= 0.3 is 6.18 Å². The highest BCUT2D eigenvalue weighted by Gasteiger charge is 2.31. The number of piperidine rings is 1. The second-order valence-electron chi connectivity index (χ2n) is 5.75. The maximum atomic E-state index is 12.5. The first kappa shape index (κ1) is 16.8. The Morgan fingerprint density at radius 2 is 1.73 bits per heavy atom. The van der Waals surface area contributed by atoms with E-state index in [0.29, 0.717) is 13.1 Å². The van der Waals surface area contributed by atoms with Crippen molar-refractivity contribution in [3.8, 4) is 0 Å². The lowest BCUT2D eigenvalue weighted by molar-refractivity contribution is -0.137. The minimum atomic E-state index is -4.38. The van der Waals surface area contributed by atoms with Crippen molar-refractivity contribution in [1.29, 1.82) is 0 Å². The molecule has 0 N–H and O–H groups in total. The molecule has 1 aliphatic heterocycles. The molecule has 0 bridgehead atoms. The minimum Gasteiger partial charge on any atom is -0.375 e. The van der Waals surface area contributed by atoms with Gasteiger partial charge in [-0.05, 0) is 51.0 Å². The van der Waals surface area contributed by atoms with Crippen LogP contribution < -0.4 is 0 Å². The lowest BCUT2D eigenvalue weighted by atomic mass is 10.1. The molecule has 0 aromatic heterocycles. The normalized spacial score (nSPS) is 17.1. The van der Waals surface area contributed by atoms with Crippen LogP contribution in [0.15, 0.2) is 24.3 Å². The summed E-state index contributed by atoms with van der Waals surface area (Å²) in [5.74, 6) is -0.225. The van der Waals surface area contributed by atoms with Gasteiger partial charge in [0, 0.05) is 18.7 Å². The molecule has 1 aliphatic rings. The largest absolute Gasteiger partial charge is 0.416 e. The van der Waals surface area contributed by atoms with E-state index in [1.54, 1.807) is 4.90 Å². The number of halogens is 3. The van der Waals surface area contributed by atoms with E-state index in [1.807, 2.05) is 13.8 Å². The summed E-state index contributed by atoms with van der Waals surface area (Å²) in [5.41, 5.74) is -0.454. The fraction of sp³-hybridized carbons (Fsp3) is 0.562. The zero-order chi connectivity index (χ0) is 16.3. The van der Waals surface area contributed by atoms with Crippen LogP contribution in [0.5, 0.6) is 0 Å². The van der Waals surface area contributed by atoms with Crippen LogP contribution in [0, 0.1) is 0 Å². The number of carbonyl (C=O) groups is 1. The highest BCUT2D eigenvalue weighted by molar-refractivity contribution is 5.94. The molecule has 6 heteroatoms. The zero-order valence-electron chi connectivity index (χ0n) is 12.7. The van der Waals surface area contributed by atoms with Crippen molar-refractivity contribution in [3.05, 3.63) is 35.4 Å². The van der Waals surface area contributed by atoms with Crippen molar-refractivity contribution in [2.24, 2.45) is 0 Å². The second-order valence-corrected chi connectivity index (χ2v) is 5.75. The van der Waals surface area contributed by atoms with Crippen molar-refractivity contribution in [1.82, 2.24) is 4.90 Å². The summed E-state index contributed by atoms with van der Waals surface area (Å²) in [4.78, 5) is 14.0. The van der Waals surface area contributed by atoms with Crippen LogP contribution >= 0.6 is 0 Å². The maximum Gasteiger partial charge on any atom is 0.416 e. The van der Waals surface area contributed by atoms with Gasteiger partial charge in [-0.3, -0.25) is 4.79 Å². The van der Waals surface area contributed by atoms with Gasteiger partial charge in [0.15, 0.2) is 0 Å². The quantitative estimate of drug-likeness (QED) is 0.850. The number of hydrogen-bond acceptors (Lipinski definition) is 2. The first-order chi connectivity index (χ1) is 10.3. The molecule has 1 saturated heterocycles. The van der Waals surface area contributed by atoms with E-state index < -0.39 is 11.7 Å². The Bertz CT molecular complexity index is 503. The van der Waals surface area contributed by atoms with Gasteiger partial charge in [-0.2, -0.15) is 13.2 Å². The number of likely N-dealkylation sites (tertiary alicyclic amines) is 1. The summed E-state index contributed by atoms with van der Waals surface area (Å²) in [7, 11) is 0. The Morgan fingerprint density at radius 1 is 1.18 bits per heavy atom. The van der Waals surface area contributed by atoms with Crippen molar-refractivity contribution >= 4 is 5.91 Å². The lowest BCUT2D eigenvalue weighted by Crippen LogP contribution is -2.41. The van der Waals surface area contributed by atoms with Gasteiger partial charge in [0.05, 0.1) is 17.8 Å². The van der Waals surface area contributed by atoms with Crippen molar-refractivity contribution in [3.63, 3.8) is 0 Å². The molecular formula is C16H20F3NO2. The van der Waals surface area contributed by atoms with E-state index in [0.717, 1.165) is 25.0 Å². The van der Waals surface area contributed by atoms with Crippen LogP contribution in [0.1, 0.15) is 42.6 Å². The van der Waals surface area contributed by atoms with Crippen molar-refractivity contribution in [2.45, 2.75) is 45.1 Å². The fourth-order valence-corrected chi connectivity index (χ4v) is 2.56. The van der Waals surface area contributed by atoms with Gasteiger partial charge < -0.3 is 9.64 Å². The number of alkyl halides is 3. The molecule has 1 aromatic carbocycles. The van der Waals surface area contributed by atoms with Gasteiger partial charge in [0.1, 0.15) is 0 Å². The Morgan fingerprint density at radius 3 is 2.18 bits per heavy atom. The minimum absolute atomic E-state index is 0.150. The van der Waals surface area contributed by atoms with Gasteiger partial charge in [-0.1, -0.05) is 0 Å². The number of hydrogen-bond donors (Lipinski definition) is 0. The lowest BCUT2D eigenvalue weighted by Gasteiger charge is -2.33. The van der Waals surface area contributed by atoms with Crippen LogP contribution in [-0.4, -0.2) is 36.1 Å². The molecular weight excluding hydrogens is 295 g/mol. The SMILES string of the molecule is CC(C)OC1CCN(C(=O)c2ccc(C(F)(F)F)cc2)CC1. The van der Waals surface area contributed by atoms with E-state index in [2.05, 4.69) is 0 Å². The first-order valence-electron chi connectivity index (χ1n) is 7.39. The molecule has 2 rings (SSSR count). The standard InChI is InChI=1S/C16H20F3NO2/c1-11(2)22-14-7-9-20(10-8-14)15(21)12-3-5-13(6-4-12)16(17,18)19/h3-6,11,14H,7-10H2,1-2H3. The third-order valence-corrected chi connectivity index (χ3v) is 3.65. The summed E-state index contributed by atoms with van der Waals surface area (Å²) in [5, 5.41) is 0. The molecule has 3 nitrogen and oxygen atoms in total. The molecule has 0 atom stereocenters. The third kappa shape index (κ3) is 4.22. The number of nitrogens with zero attached hydrogens (tertiary/aromatic N) is 1. The molecule has 0 aliphatic carbocycles. The summed E-state index contributed by atoms with van der Waals surface area (Å²) >= 11 is 0. The van der Waals surface area contributed by atoms with E-state index in [-0.39, 0.29) is 23.7 Å². The smallest absolute Gasteiger partial charge is 0.375 e. The van der Waals surface area contributed by atoms with Gasteiger partial charge in [0.2, 0.25) is 0 Å². The van der Waals surface area contributed by atoms with Gasteiger partial charge in [-0.15, -0.1) is 0 Å². The fourth-order valence-electron chi connectivity index (χ4n) is 2.56. The Labute approximate surface area is 128 Å². The van der Waals surface area contributed by atoms with Gasteiger partial charge in [-0.25, -0.2) is 0 Å². The molecule has 1 amide bonds. The number of amides is 1. The summed E-state index contributed by atoms with van der Waals surface area (Å²) in [6.07, 6.45) is -2.57. The topological polar surface area (TPSA) is 29.5 Å². The molecule has 1 aromatic rings. The van der Waals surface area contributed by atoms with Crippen LogP contribution in [0.3, 0.4) is 0 Å². The predicted molar refractivity (Wildman–Crippen MR) is 76.6 cm³/mol. The number of ether oxygens (including phenoxy) is 1. The highest BCUT2D eigenvalue weighted by Crippen LogP contribution is 2.29. The Kier molecular flexibility index (Phi) is 5.11. The Balaban J connectivity index is 1.95. The molecule has 1 heterocycles. The molecule has 0 radical (unpaired) electrons. The molecule has 122 valence electrons. The van der Waals surface area contributed by atoms with E-state index >= 15 is 0 Å². The van der Waals surface area contributed by atoms with E-state index in [4.69, 9.17) is 4.74 Å². The van der Waals surface area contributed by atoms with E-state index in [1.165, 1.54) is 12.1 Å². The third-order valence-electron chi connectivity index (χ3n) is 3.65. The number of rotatable bonds is 3. The average molecular weight is 315 g/mol. The zero-order valence-corrected chi connectivity index (χ0v) is 12.7. The van der Waals surface area contributed by atoms with Crippen molar-refractivity contribution < 1.29 is 22.7 Å².